The maximum absolute atomic E-state index is 11.2. The van der Waals surface area contributed by atoms with E-state index in [9.17, 15) is 9.90 Å². The Morgan fingerprint density at radius 1 is 1.80 bits per heavy atom. The van der Waals surface area contributed by atoms with E-state index in [1.807, 2.05) is 0 Å². The molecule has 1 heterocycles. The van der Waals surface area contributed by atoms with E-state index in [4.69, 9.17) is 4.84 Å². The van der Waals surface area contributed by atoms with Crippen molar-refractivity contribution >= 4 is 5.71 Å². The van der Waals surface area contributed by atoms with Gasteiger partial charge in [0.1, 0.15) is 17.9 Å². The number of nitrogens with zero attached hydrogens (tertiary/aromatic N) is 1. The van der Waals surface area contributed by atoms with Gasteiger partial charge < -0.3 is 14.4 Å². The second-order valence-corrected chi connectivity index (χ2v) is 2.73. The highest BCUT2D eigenvalue weighted by Crippen LogP contribution is 2.12. The summed E-state index contributed by atoms with van der Waals surface area (Å²) in [7, 11) is 0. The average molecular weight is 209 g/mol. The summed E-state index contributed by atoms with van der Waals surface area (Å²) in [5.41, 5.74) is -0.399. The molecule has 5 heteroatoms. The van der Waals surface area contributed by atoms with Crippen LogP contribution in [0, 0.1) is 0 Å². The third-order valence-corrected chi connectivity index (χ3v) is 1.62. The van der Waals surface area contributed by atoms with Gasteiger partial charge in [-0.15, -0.1) is 0 Å². The number of aromatic hydroxyl groups is 1. The Hall–Kier alpha value is -2.04. The number of hydrogen-bond acceptors (Lipinski definition) is 5. The van der Waals surface area contributed by atoms with Gasteiger partial charge in [-0.1, -0.05) is 17.8 Å². The molecule has 0 aromatic carbocycles. The monoisotopic (exact) mass is 209 g/mol. The third kappa shape index (κ3) is 2.70. The standard InChI is InChI=1S/C10H11NO4/c1-3-5-15-11-7(2)9-8(12)4-6-14-10(9)13/h3-4,6,12H,1,5H2,2H3. The zero-order valence-corrected chi connectivity index (χ0v) is 8.27. The Kier molecular flexibility index (Phi) is 3.68. The van der Waals surface area contributed by atoms with Gasteiger partial charge >= 0.3 is 5.63 Å². The third-order valence-electron chi connectivity index (χ3n) is 1.62. The van der Waals surface area contributed by atoms with Crippen LogP contribution >= 0.6 is 0 Å². The summed E-state index contributed by atoms with van der Waals surface area (Å²) in [5.74, 6) is -0.185. The molecule has 1 aromatic rings. The van der Waals surface area contributed by atoms with Crippen molar-refractivity contribution in [1.29, 1.82) is 0 Å². The highest BCUT2D eigenvalue weighted by Gasteiger charge is 2.11. The summed E-state index contributed by atoms with van der Waals surface area (Å²) in [6.45, 7) is 5.21. The van der Waals surface area contributed by atoms with Gasteiger partial charge in [0.15, 0.2) is 0 Å². The van der Waals surface area contributed by atoms with Gasteiger partial charge in [0, 0.05) is 6.07 Å². The summed E-state index contributed by atoms with van der Waals surface area (Å²) in [4.78, 5) is 16.0. The lowest BCUT2D eigenvalue weighted by Gasteiger charge is -2.00. The molecule has 1 aromatic heterocycles. The number of oxime groups is 1. The van der Waals surface area contributed by atoms with Crippen molar-refractivity contribution in [3.63, 3.8) is 0 Å². The first kappa shape index (κ1) is 11.0. The lowest BCUT2D eigenvalue weighted by atomic mass is 10.2. The minimum atomic E-state index is -0.654. The van der Waals surface area contributed by atoms with Gasteiger partial charge in [-0.3, -0.25) is 0 Å². The SMILES string of the molecule is C=CCON=C(C)c1c(O)ccoc1=O. The van der Waals surface area contributed by atoms with Crippen LogP contribution in [0.3, 0.4) is 0 Å². The minimum absolute atomic E-state index is 0.00145. The summed E-state index contributed by atoms with van der Waals surface area (Å²) in [6.07, 6.45) is 2.63. The smallest absolute Gasteiger partial charge is 0.348 e. The lowest BCUT2D eigenvalue weighted by molar-refractivity contribution is 0.174. The first-order valence-electron chi connectivity index (χ1n) is 4.25. The zero-order valence-electron chi connectivity index (χ0n) is 8.27. The van der Waals surface area contributed by atoms with Crippen molar-refractivity contribution < 1.29 is 14.4 Å². The molecule has 0 fully saturated rings. The Bertz CT molecular complexity index is 433. The van der Waals surface area contributed by atoms with Gasteiger partial charge in [-0.25, -0.2) is 4.79 Å². The highest BCUT2D eigenvalue weighted by molar-refractivity contribution is 6.00. The lowest BCUT2D eigenvalue weighted by Crippen LogP contribution is -2.12. The molecular formula is C10H11NO4. The van der Waals surface area contributed by atoms with E-state index in [1.54, 1.807) is 0 Å². The van der Waals surface area contributed by atoms with E-state index in [0.717, 1.165) is 6.26 Å². The van der Waals surface area contributed by atoms with E-state index in [1.165, 1.54) is 19.1 Å². The van der Waals surface area contributed by atoms with Crippen molar-refractivity contribution in [3.8, 4) is 5.75 Å². The van der Waals surface area contributed by atoms with E-state index < -0.39 is 5.63 Å². The van der Waals surface area contributed by atoms with E-state index in [2.05, 4.69) is 16.2 Å². The molecule has 80 valence electrons. The molecule has 0 aliphatic heterocycles. The molecule has 0 aliphatic rings. The van der Waals surface area contributed by atoms with Crippen LogP contribution in [0.25, 0.3) is 0 Å². The Labute approximate surface area is 86.3 Å². The molecule has 0 bridgehead atoms. The van der Waals surface area contributed by atoms with Crippen LogP contribution in [0.4, 0.5) is 0 Å². The minimum Gasteiger partial charge on any atom is -0.507 e. The summed E-state index contributed by atoms with van der Waals surface area (Å²) >= 11 is 0. The zero-order chi connectivity index (χ0) is 11.3. The largest absolute Gasteiger partial charge is 0.507 e. The molecule has 5 nitrogen and oxygen atoms in total. The summed E-state index contributed by atoms with van der Waals surface area (Å²) < 4.78 is 4.59. The van der Waals surface area contributed by atoms with Gasteiger partial charge in [0.2, 0.25) is 0 Å². The van der Waals surface area contributed by atoms with Gasteiger partial charge in [-0.2, -0.15) is 0 Å². The molecule has 0 saturated carbocycles. The molecule has 0 atom stereocenters. The van der Waals surface area contributed by atoms with Gasteiger partial charge in [-0.05, 0) is 6.92 Å². The van der Waals surface area contributed by atoms with Crippen molar-refractivity contribution in [3.05, 3.63) is 41.0 Å². The molecule has 15 heavy (non-hydrogen) atoms. The topological polar surface area (TPSA) is 72.0 Å². The molecule has 0 saturated heterocycles. The van der Waals surface area contributed by atoms with Crippen LogP contribution in [-0.2, 0) is 4.84 Å². The van der Waals surface area contributed by atoms with Crippen LogP contribution in [0.1, 0.15) is 12.5 Å². The number of hydrogen-bond donors (Lipinski definition) is 1. The normalized spacial score (nSPS) is 11.1. The molecule has 0 spiro atoms. The average Bonchev–Trinajstić information content (AvgIpc) is 2.18. The summed E-state index contributed by atoms with van der Waals surface area (Å²) in [5, 5.41) is 13.0. The molecule has 0 radical (unpaired) electrons. The fourth-order valence-corrected chi connectivity index (χ4v) is 0.973. The second kappa shape index (κ2) is 4.99. The second-order valence-electron chi connectivity index (χ2n) is 2.73. The molecule has 0 aliphatic carbocycles. The summed E-state index contributed by atoms with van der Waals surface area (Å²) in [6, 6.07) is 1.27. The first-order chi connectivity index (χ1) is 7.16. The molecule has 1 rings (SSSR count). The van der Waals surface area contributed by atoms with Crippen molar-refractivity contribution in [2.45, 2.75) is 6.92 Å². The first-order valence-corrected chi connectivity index (χ1v) is 4.25. The fraction of sp³-hybridized carbons (Fsp3) is 0.200. The Balaban J connectivity index is 3.00. The van der Waals surface area contributed by atoms with Gasteiger partial charge in [0.05, 0.1) is 12.0 Å². The maximum atomic E-state index is 11.2. The van der Waals surface area contributed by atoms with Crippen molar-refractivity contribution in [2.75, 3.05) is 6.61 Å². The van der Waals surface area contributed by atoms with Crippen LogP contribution in [0.15, 0.2) is 39.4 Å². The van der Waals surface area contributed by atoms with E-state index in [0.29, 0.717) is 0 Å². The van der Waals surface area contributed by atoms with Crippen molar-refractivity contribution in [2.24, 2.45) is 5.16 Å². The quantitative estimate of drug-likeness (QED) is 0.351. The van der Waals surface area contributed by atoms with Gasteiger partial charge in [0.25, 0.3) is 0 Å². The van der Waals surface area contributed by atoms with Crippen LogP contribution < -0.4 is 5.63 Å². The predicted molar refractivity (Wildman–Crippen MR) is 55.0 cm³/mol. The number of rotatable bonds is 4. The molecule has 1 N–H and O–H groups in total. The fourth-order valence-electron chi connectivity index (χ4n) is 0.973. The van der Waals surface area contributed by atoms with Crippen LogP contribution in [0.2, 0.25) is 0 Å². The van der Waals surface area contributed by atoms with Crippen LogP contribution in [-0.4, -0.2) is 17.4 Å². The molecule has 0 amide bonds. The predicted octanol–water partition coefficient (Wildman–Crippen LogP) is 1.27. The Morgan fingerprint density at radius 2 is 2.53 bits per heavy atom. The molecular weight excluding hydrogens is 198 g/mol. The van der Waals surface area contributed by atoms with Crippen molar-refractivity contribution in [1.82, 2.24) is 0 Å². The maximum Gasteiger partial charge on any atom is 0.348 e. The Morgan fingerprint density at radius 3 is 3.13 bits per heavy atom. The van der Waals surface area contributed by atoms with E-state index >= 15 is 0 Å². The van der Waals surface area contributed by atoms with Crippen LogP contribution in [0.5, 0.6) is 5.75 Å². The van der Waals surface area contributed by atoms with E-state index in [-0.39, 0.29) is 23.6 Å². The highest BCUT2D eigenvalue weighted by atomic mass is 16.6. The molecule has 0 unspecified atom stereocenters.